The van der Waals surface area contributed by atoms with Gasteiger partial charge in [0.2, 0.25) is 0 Å². The van der Waals surface area contributed by atoms with E-state index in [4.69, 9.17) is 0 Å². The molecule has 188 valence electrons. The molecule has 2 aromatic rings. The number of urea groups is 1. The zero-order valence-electron chi connectivity index (χ0n) is 21.0. The average molecular weight is 493 g/mol. The number of carbonyl (C=O) groups excluding carboxylic acids is 1. The molecule has 35 heavy (non-hydrogen) atoms. The molecule has 2 amide bonds. The van der Waals surface area contributed by atoms with Crippen molar-refractivity contribution in [2.45, 2.75) is 43.0 Å². The summed E-state index contributed by atoms with van der Waals surface area (Å²) in [7, 11) is 0. The van der Waals surface area contributed by atoms with Crippen LogP contribution in [-0.2, 0) is 6.42 Å². The molecule has 4 aliphatic rings. The first-order valence-corrected chi connectivity index (χ1v) is 14.6. The Kier molecular flexibility index (Phi) is 8.32. The number of carbonyl (C=O) groups is 1. The van der Waals surface area contributed by atoms with Crippen LogP contribution >= 0.6 is 11.8 Å². The fraction of sp³-hybridized carbons (Fsp3) is 0.552. The van der Waals surface area contributed by atoms with Crippen molar-refractivity contribution >= 4 is 23.5 Å². The number of thioether (sulfide) groups is 1. The molecule has 2 bridgehead atoms. The molecule has 0 saturated carbocycles. The van der Waals surface area contributed by atoms with Gasteiger partial charge in [-0.1, -0.05) is 36.4 Å². The predicted molar refractivity (Wildman–Crippen MR) is 146 cm³/mol. The largest absolute Gasteiger partial charge is 0.336 e. The van der Waals surface area contributed by atoms with Crippen molar-refractivity contribution in [2.75, 3.05) is 50.8 Å². The van der Waals surface area contributed by atoms with Crippen molar-refractivity contribution in [1.29, 1.82) is 0 Å². The van der Waals surface area contributed by atoms with E-state index in [0.717, 1.165) is 34.9 Å². The molecule has 0 spiro atoms. The van der Waals surface area contributed by atoms with E-state index >= 15 is 0 Å². The lowest BCUT2D eigenvalue weighted by Gasteiger charge is -2.51. The van der Waals surface area contributed by atoms with Crippen molar-refractivity contribution < 1.29 is 4.79 Å². The number of fused-ring (bicyclic) bond motifs is 3. The Labute approximate surface area is 215 Å². The summed E-state index contributed by atoms with van der Waals surface area (Å²) in [4.78, 5) is 19.0. The van der Waals surface area contributed by atoms with Crippen LogP contribution in [0.3, 0.4) is 0 Å². The van der Waals surface area contributed by atoms with Gasteiger partial charge in [-0.2, -0.15) is 0 Å². The van der Waals surface area contributed by atoms with Crippen LogP contribution in [-0.4, -0.2) is 67.4 Å². The first-order valence-electron chi connectivity index (χ1n) is 13.4. The summed E-state index contributed by atoms with van der Waals surface area (Å²) in [5.41, 5.74) is 2.34. The number of anilines is 1. The van der Waals surface area contributed by atoms with E-state index in [1.165, 1.54) is 70.4 Å². The van der Waals surface area contributed by atoms with Crippen molar-refractivity contribution in [3.8, 4) is 0 Å². The third kappa shape index (κ3) is 6.60. The molecular formula is C29H40N4OS. The first-order chi connectivity index (χ1) is 17.2. The van der Waals surface area contributed by atoms with E-state index in [1.54, 1.807) is 11.8 Å². The standard InChI is InChI=1S/C29H40N4OS/c1-35-28-9-5-8-26(18-28)31-29(34)30-19-27-17-24-12-15-33(27)21-25(24)20-32-13-10-23(11-14-32)16-22-6-3-2-4-7-22/h2-9,18,23-25,27H,10-17,19-21H2,1H3,(H2,30,31,34). The molecule has 2 N–H and O–H groups in total. The smallest absolute Gasteiger partial charge is 0.319 e. The summed E-state index contributed by atoms with van der Waals surface area (Å²) in [6, 6.07) is 19.4. The van der Waals surface area contributed by atoms with Gasteiger partial charge in [-0.15, -0.1) is 11.8 Å². The average Bonchev–Trinajstić information content (AvgIpc) is 2.90. The number of hydrogen-bond donors (Lipinski definition) is 2. The lowest BCUT2D eigenvalue weighted by molar-refractivity contribution is -0.0145. The summed E-state index contributed by atoms with van der Waals surface area (Å²) in [5.74, 6) is 2.42. The second kappa shape index (κ2) is 11.8. The molecule has 5 nitrogen and oxygen atoms in total. The minimum Gasteiger partial charge on any atom is -0.336 e. The zero-order valence-corrected chi connectivity index (χ0v) is 21.8. The maximum atomic E-state index is 12.5. The second-order valence-corrected chi connectivity index (χ2v) is 11.6. The van der Waals surface area contributed by atoms with Gasteiger partial charge in [0.05, 0.1) is 0 Å². The number of likely N-dealkylation sites (tertiary alicyclic amines) is 1. The van der Waals surface area contributed by atoms with Crippen LogP contribution in [0.25, 0.3) is 0 Å². The number of rotatable bonds is 8. The van der Waals surface area contributed by atoms with Crippen molar-refractivity contribution in [1.82, 2.24) is 15.1 Å². The number of piperidine rings is 4. The van der Waals surface area contributed by atoms with Crippen LogP contribution in [0.1, 0.15) is 31.2 Å². The molecule has 4 saturated heterocycles. The second-order valence-electron chi connectivity index (χ2n) is 10.7. The topological polar surface area (TPSA) is 47.6 Å². The predicted octanol–water partition coefficient (Wildman–Crippen LogP) is 5.20. The number of nitrogens with one attached hydrogen (secondary N) is 2. The lowest BCUT2D eigenvalue weighted by atomic mass is 9.75. The van der Waals surface area contributed by atoms with E-state index in [2.05, 4.69) is 56.8 Å². The Morgan fingerprint density at radius 1 is 1.03 bits per heavy atom. The minimum atomic E-state index is -0.0965. The van der Waals surface area contributed by atoms with Gasteiger partial charge in [-0.25, -0.2) is 4.79 Å². The fourth-order valence-electron chi connectivity index (χ4n) is 6.41. The molecule has 6 rings (SSSR count). The molecule has 4 unspecified atom stereocenters. The highest BCUT2D eigenvalue weighted by Crippen LogP contribution is 2.37. The molecule has 4 aliphatic heterocycles. The van der Waals surface area contributed by atoms with Gasteiger partial charge < -0.3 is 15.5 Å². The Balaban J connectivity index is 1.04. The van der Waals surface area contributed by atoms with E-state index in [-0.39, 0.29) is 6.03 Å². The Morgan fingerprint density at radius 2 is 1.86 bits per heavy atom. The monoisotopic (exact) mass is 492 g/mol. The molecule has 0 aliphatic carbocycles. The molecule has 4 atom stereocenters. The van der Waals surface area contributed by atoms with E-state index in [1.807, 2.05) is 24.5 Å². The van der Waals surface area contributed by atoms with E-state index in [0.29, 0.717) is 6.04 Å². The summed E-state index contributed by atoms with van der Waals surface area (Å²) in [6.45, 7) is 6.88. The molecule has 4 fully saturated rings. The molecule has 0 aromatic heterocycles. The Bertz CT molecular complexity index is 962. The van der Waals surface area contributed by atoms with Crippen LogP contribution in [0.2, 0.25) is 0 Å². The van der Waals surface area contributed by atoms with E-state index < -0.39 is 0 Å². The van der Waals surface area contributed by atoms with Crippen LogP contribution in [0.15, 0.2) is 59.5 Å². The third-order valence-corrected chi connectivity index (χ3v) is 9.13. The van der Waals surface area contributed by atoms with Crippen molar-refractivity contribution in [3.05, 3.63) is 60.2 Å². The maximum absolute atomic E-state index is 12.5. The minimum absolute atomic E-state index is 0.0965. The molecule has 6 heteroatoms. The van der Waals surface area contributed by atoms with Crippen LogP contribution in [0, 0.1) is 17.8 Å². The number of amides is 2. The van der Waals surface area contributed by atoms with Crippen molar-refractivity contribution in [2.24, 2.45) is 17.8 Å². The van der Waals surface area contributed by atoms with Gasteiger partial charge in [0, 0.05) is 36.3 Å². The highest BCUT2D eigenvalue weighted by atomic mass is 32.2. The van der Waals surface area contributed by atoms with Crippen LogP contribution in [0.4, 0.5) is 10.5 Å². The zero-order chi connectivity index (χ0) is 24.0. The highest BCUT2D eigenvalue weighted by Gasteiger charge is 2.40. The summed E-state index contributed by atoms with van der Waals surface area (Å²) < 4.78 is 0. The quantitative estimate of drug-likeness (QED) is 0.498. The lowest BCUT2D eigenvalue weighted by Crippen LogP contribution is -2.59. The first kappa shape index (κ1) is 24.7. The van der Waals surface area contributed by atoms with Gasteiger partial charge >= 0.3 is 6.03 Å². The van der Waals surface area contributed by atoms with Crippen LogP contribution in [0.5, 0.6) is 0 Å². The normalized spacial score (nSPS) is 27.0. The van der Waals surface area contributed by atoms with Gasteiger partial charge in [-0.05, 0) is 99.5 Å². The third-order valence-electron chi connectivity index (χ3n) is 8.41. The van der Waals surface area contributed by atoms with Gasteiger partial charge in [0.25, 0.3) is 0 Å². The summed E-state index contributed by atoms with van der Waals surface area (Å²) >= 11 is 1.68. The number of hydrogen-bond acceptors (Lipinski definition) is 4. The van der Waals surface area contributed by atoms with Gasteiger partial charge in [-0.3, -0.25) is 4.90 Å². The Hall–Kier alpha value is -2.02. The Morgan fingerprint density at radius 3 is 2.60 bits per heavy atom. The number of benzene rings is 2. The van der Waals surface area contributed by atoms with Crippen LogP contribution < -0.4 is 10.6 Å². The summed E-state index contributed by atoms with van der Waals surface area (Å²) in [6.07, 6.45) is 8.48. The molecule has 0 radical (unpaired) electrons. The van der Waals surface area contributed by atoms with E-state index in [9.17, 15) is 4.79 Å². The maximum Gasteiger partial charge on any atom is 0.319 e. The fourth-order valence-corrected chi connectivity index (χ4v) is 6.87. The molecule has 2 aromatic carbocycles. The molecular weight excluding hydrogens is 452 g/mol. The highest BCUT2D eigenvalue weighted by molar-refractivity contribution is 7.98. The number of nitrogens with zero attached hydrogens (tertiary/aromatic N) is 2. The van der Waals surface area contributed by atoms with Gasteiger partial charge in [0.1, 0.15) is 0 Å². The molecule has 4 heterocycles. The van der Waals surface area contributed by atoms with Gasteiger partial charge in [0.15, 0.2) is 0 Å². The van der Waals surface area contributed by atoms with Crippen molar-refractivity contribution in [3.63, 3.8) is 0 Å². The summed E-state index contributed by atoms with van der Waals surface area (Å²) in [5, 5.41) is 6.13. The SMILES string of the molecule is CSc1cccc(NC(=O)NCC2CC3CCN2CC3CN2CCC(Cc3ccccc3)CC2)c1.